The number of quaternary nitrogens is 1. The Bertz CT molecular complexity index is 2230. The number of aromatic nitrogens is 5. The molecule has 17 nitrogen and oxygen atoms in total. The average molecular weight is 855 g/mol. The lowest BCUT2D eigenvalue weighted by Crippen LogP contribution is -2.63. The first-order chi connectivity index (χ1) is 28.6. The zero-order valence-corrected chi connectivity index (χ0v) is 33.6. The minimum Gasteiger partial charge on any atom is -0.544 e. The fourth-order valence-corrected chi connectivity index (χ4v) is 8.44. The zero-order valence-electron chi connectivity index (χ0n) is 32.9. The monoisotopic (exact) mass is 854 g/mol. The Morgan fingerprint density at radius 1 is 1.02 bits per heavy atom. The van der Waals surface area contributed by atoms with Gasteiger partial charge in [0.25, 0.3) is 11.8 Å². The van der Waals surface area contributed by atoms with Crippen LogP contribution in [0.2, 0.25) is 5.02 Å². The number of pyridine rings is 1. The molecule has 7 rings (SSSR count). The molecule has 0 bridgehead atoms. The van der Waals surface area contributed by atoms with Crippen molar-refractivity contribution in [2.45, 2.75) is 19.0 Å². The van der Waals surface area contributed by atoms with E-state index in [-0.39, 0.29) is 76.4 Å². The summed E-state index contributed by atoms with van der Waals surface area (Å²) in [4.78, 5) is 63.7. The number of rotatable bonds is 13. The number of nitrogens with one attached hydrogen (secondary N) is 3. The first-order valence-electron chi connectivity index (χ1n) is 19.7. The molecule has 3 amide bonds. The lowest BCUT2D eigenvalue weighted by atomic mass is 9.90. The van der Waals surface area contributed by atoms with Crippen LogP contribution < -0.4 is 26.8 Å². The summed E-state index contributed by atoms with van der Waals surface area (Å²) in [6.07, 6.45) is 0.0742. The topological polar surface area (TPSA) is 208 Å². The summed E-state index contributed by atoms with van der Waals surface area (Å²) in [6, 6.07) is 7.51. The third-order valence-corrected chi connectivity index (χ3v) is 11.8. The number of carbonyl (C=O) groups is 4. The van der Waals surface area contributed by atoms with Gasteiger partial charge in [0.1, 0.15) is 12.4 Å². The van der Waals surface area contributed by atoms with Gasteiger partial charge in [0.2, 0.25) is 5.91 Å². The number of amides is 3. The van der Waals surface area contributed by atoms with Crippen LogP contribution in [0.4, 0.5) is 24.7 Å². The fourth-order valence-electron chi connectivity index (χ4n) is 8.18. The van der Waals surface area contributed by atoms with Gasteiger partial charge in [-0.2, -0.15) is 18.3 Å². The number of likely N-dealkylation sites (tertiary alicyclic amines) is 1. The van der Waals surface area contributed by atoms with Crippen molar-refractivity contribution in [1.29, 1.82) is 0 Å². The van der Waals surface area contributed by atoms with Crippen LogP contribution in [0.1, 0.15) is 39.5 Å². The van der Waals surface area contributed by atoms with Gasteiger partial charge in [0.15, 0.2) is 11.5 Å². The normalized spacial score (nSPS) is 19.8. The molecular weight excluding hydrogens is 809 g/mol. The minimum atomic E-state index is -4.83. The maximum absolute atomic E-state index is 14.2. The molecule has 0 unspecified atom stereocenters. The van der Waals surface area contributed by atoms with Crippen molar-refractivity contribution < 1.29 is 41.9 Å². The van der Waals surface area contributed by atoms with Crippen LogP contribution in [0, 0.1) is 11.8 Å². The van der Waals surface area contributed by atoms with Crippen LogP contribution in [0.3, 0.4) is 0 Å². The van der Waals surface area contributed by atoms with E-state index < -0.39 is 23.7 Å². The molecule has 0 atom stereocenters. The zero-order chi connectivity index (χ0) is 42.8. The van der Waals surface area contributed by atoms with Gasteiger partial charge in [-0.3, -0.25) is 14.4 Å². The Labute approximate surface area is 348 Å². The van der Waals surface area contributed by atoms with E-state index in [0.29, 0.717) is 68.3 Å². The third-order valence-electron chi connectivity index (χ3n) is 11.5. The summed E-state index contributed by atoms with van der Waals surface area (Å²) in [7, 11) is 1.41. The number of aliphatic carboxylic acids is 1. The van der Waals surface area contributed by atoms with Crippen LogP contribution in [-0.2, 0) is 22.8 Å². The number of halogens is 4. The van der Waals surface area contributed by atoms with Crippen molar-refractivity contribution in [3.05, 3.63) is 71.0 Å². The van der Waals surface area contributed by atoms with E-state index in [1.807, 2.05) is 0 Å². The number of hydrogen-bond acceptors (Lipinski definition) is 11. The van der Waals surface area contributed by atoms with E-state index in [2.05, 4.69) is 31.0 Å². The second kappa shape index (κ2) is 17.6. The molecule has 5 N–H and O–H groups in total. The van der Waals surface area contributed by atoms with Crippen LogP contribution in [0.5, 0.6) is 0 Å². The van der Waals surface area contributed by atoms with Crippen molar-refractivity contribution in [3.8, 4) is 16.9 Å². The molecule has 4 aromatic rings. The number of piperidine rings is 1. The van der Waals surface area contributed by atoms with Crippen LogP contribution in [0.25, 0.3) is 16.9 Å². The Morgan fingerprint density at radius 2 is 1.73 bits per heavy atom. The molecule has 0 saturated carbocycles. The Hall–Kier alpha value is -5.57. The third kappa shape index (κ3) is 9.25. The Balaban J connectivity index is 0.954. The van der Waals surface area contributed by atoms with Gasteiger partial charge in [-0.15, -0.1) is 0 Å². The molecule has 3 saturated heterocycles. The number of anilines is 2. The molecule has 3 aromatic heterocycles. The molecule has 21 heteroatoms. The Morgan fingerprint density at radius 3 is 2.33 bits per heavy atom. The van der Waals surface area contributed by atoms with E-state index >= 15 is 0 Å². The standard InChI is InChI=1S/C39H46ClF3N12O5/c1-51-31(29-21-54(50-34(29)39(41,42)43)27-3-5-32(47-19-27)46-9-8-44)20-48-35(51)36(58)49-26-2-4-28(30(40)16-26)38(60)53-12-10-52(11-13-53)37(59)25-6-14-55(15-7-25,23-33(56)57)22-24-17-45-18-24/h2-5,16,19-21,24-25,45H,6-15,17-18,22-23,44H2,1H3,(H2-,46,47,49,56,57,58,60). The molecular formula is C39H46ClF3N12O5. The van der Waals surface area contributed by atoms with Crippen LogP contribution in [0.15, 0.2) is 48.9 Å². The van der Waals surface area contributed by atoms with Crippen molar-refractivity contribution in [3.63, 3.8) is 0 Å². The highest BCUT2D eigenvalue weighted by molar-refractivity contribution is 6.34. The fraction of sp³-hybridized carbons (Fsp3) is 0.462. The quantitative estimate of drug-likeness (QED) is 0.142. The number of hydrogen-bond donors (Lipinski definition) is 4. The molecule has 3 fully saturated rings. The van der Waals surface area contributed by atoms with Gasteiger partial charge >= 0.3 is 6.18 Å². The maximum atomic E-state index is 14.2. The minimum absolute atomic E-state index is 0.0145. The number of carboxylic acid groups (broad SMARTS) is 1. The molecule has 6 heterocycles. The maximum Gasteiger partial charge on any atom is 0.435 e. The first-order valence-corrected chi connectivity index (χ1v) is 20.1. The number of nitrogens with two attached hydrogens (primary N) is 1. The van der Waals surface area contributed by atoms with Gasteiger partial charge < -0.3 is 50.4 Å². The summed E-state index contributed by atoms with van der Waals surface area (Å²) in [5.41, 5.74) is 4.69. The number of benzene rings is 1. The largest absolute Gasteiger partial charge is 0.544 e. The molecule has 3 aliphatic heterocycles. The summed E-state index contributed by atoms with van der Waals surface area (Å²) in [6.45, 7) is 5.77. The Kier molecular flexibility index (Phi) is 12.5. The van der Waals surface area contributed by atoms with E-state index in [9.17, 15) is 37.5 Å². The van der Waals surface area contributed by atoms with Gasteiger partial charge in [0, 0.05) is 96.0 Å². The highest BCUT2D eigenvalue weighted by Gasteiger charge is 2.42. The summed E-state index contributed by atoms with van der Waals surface area (Å²) in [5, 5.41) is 24.3. The van der Waals surface area contributed by atoms with Crippen molar-refractivity contribution >= 4 is 46.8 Å². The highest BCUT2D eigenvalue weighted by Crippen LogP contribution is 2.37. The SMILES string of the molecule is Cn1c(-c2cn(-c3ccc(NCCN)nc3)nc2C(F)(F)F)cnc1C(=O)Nc1ccc(C(=O)N2CCN(C(=O)C3CC[N+](CC(=O)[O-])(CC4CNC4)CC3)CC2)c(Cl)c1. The lowest BCUT2D eigenvalue weighted by Gasteiger charge is -2.47. The number of carbonyl (C=O) groups excluding carboxylic acids is 4. The summed E-state index contributed by atoms with van der Waals surface area (Å²) in [5.74, 6) is -1.61. The van der Waals surface area contributed by atoms with Gasteiger partial charge in [-0.1, -0.05) is 11.6 Å². The van der Waals surface area contributed by atoms with Crippen molar-refractivity contribution in [2.24, 2.45) is 24.6 Å². The highest BCUT2D eigenvalue weighted by atomic mass is 35.5. The van der Waals surface area contributed by atoms with E-state index in [0.717, 1.165) is 30.5 Å². The molecule has 60 heavy (non-hydrogen) atoms. The number of piperazine rings is 1. The molecule has 1 aromatic carbocycles. The summed E-state index contributed by atoms with van der Waals surface area (Å²) >= 11 is 6.55. The van der Waals surface area contributed by atoms with Crippen molar-refractivity contribution in [1.82, 2.24) is 39.4 Å². The first kappa shape index (κ1) is 42.6. The van der Waals surface area contributed by atoms with E-state index in [1.165, 1.54) is 42.2 Å². The van der Waals surface area contributed by atoms with Crippen molar-refractivity contribution in [2.75, 3.05) is 89.2 Å². The molecule has 0 aliphatic carbocycles. The molecule has 320 valence electrons. The molecule has 0 spiro atoms. The van der Waals surface area contributed by atoms with E-state index in [4.69, 9.17) is 17.3 Å². The predicted molar refractivity (Wildman–Crippen MR) is 212 cm³/mol. The number of nitrogens with zero attached hydrogens (tertiary/aromatic N) is 8. The van der Waals surface area contributed by atoms with Gasteiger partial charge in [-0.25, -0.2) is 14.6 Å². The number of carboxylic acids is 1. The van der Waals surface area contributed by atoms with Gasteiger partial charge in [-0.05, 0) is 30.3 Å². The van der Waals surface area contributed by atoms with Crippen LogP contribution >= 0.6 is 11.6 Å². The average Bonchev–Trinajstić information content (AvgIpc) is 3.83. The smallest absolute Gasteiger partial charge is 0.435 e. The summed E-state index contributed by atoms with van der Waals surface area (Å²) < 4.78 is 45.4. The number of imidazole rings is 1. The number of alkyl halides is 3. The second-order valence-corrected chi connectivity index (χ2v) is 16.0. The van der Waals surface area contributed by atoms with Gasteiger partial charge in [0.05, 0.1) is 65.5 Å². The lowest BCUT2D eigenvalue weighted by molar-refractivity contribution is -0.931. The predicted octanol–water partition coefficient (Wildman–Crippen LogP) is 1.44. The van der Waals surface area contributed by atoms with E-state index in [1.54, 1.807) is 21.9 Å². The second-order valence-electron chi connectivity index (χ2n) is 15.5. The molecule has 0 radical (unpaired) electrons. The van der Waals surface area contributed by atoms with Crippen LogP contribution in [-0.4, -0.2) is 141 Å². The molecule has 3 aliphatic rings.